The van der Waals surface area contributed by atoms with Gasteiger partial charge < -0.3 is 9.84 Å². The molecule has 2 heterocycles. The first-order valence-electron chi connectivity index (χ1n) is 6.84. The Balaban J connectivity index is 1.83. The van der Waals surface area contributed by atoms with Crippen LogP contribution >= 0.6 is 11.6 Å². The molecule has 0 aliphatic heterocycles. The maximum atomic E-state index is 14.2. The summed E-state index contributed by atoms with van der Waals surface area (Å²) in [4.78, 5) is 14.3. The fraction of sp³-hybridized carbons (Fsp3) is 0.0667. The van der Waals surface area contributed by atoms with Crippen LogP contribution in [0.3, 0.4) is 0 Å². The summed E-state index contributed by atoms with van der Waals surface area (Å²) in [6.07, 6.45) is 2.24. The van der Waals surface area contributed by atoms with E-state index in [9.17, 15) is 13.6 Å². The predicted molar refractivity (Wildman–Crippen MR) is 81.9 cm³/mol. The SMILES string of the molecule is O=C(O)Cc1cn(-c2ccc(Oc3ncc(Cl)cc3F)c(F)c2)nn1. The first-order chi connectivity index (χ1) is 11.9. The van der Waals surface area contributed by atoms with Gasteiger partial charge in [0.15, 0.2) is 17.4 Å². The van der Waals surface area contributed by atoms with Crippen LogP contribution in [0, 0.1) is 11.6 Å². The third-order valence-corrected chi connectivity index (χ3v) is 3.24. The van der Waals surface area contributed by atoms with E-state index in [1.807, 2.05) is 0 Å². The quantitative estimate of drug-likeness (QED) is 0.746. The second-order valence-electron chi connectivity index (χ2n) is 4.88. The van der Waals surface area contributed by atoms with Gasteiger partial charge in [0.25, 0.3) is 5.88 Å². The monoisotopic (exact) mass is 366 g/mol. The van der Waals surface area contributed by atoms with Crippen LogP contribution in [-0.4, -0.2) is 31.1 Å². The number of rotatable bonds is 5. The normalized spacial score (nSPS) is 10.7. The lowest BCUT2D eigenvalue weighted by Gasteiger charge is -2.08. The molecule has 0 saturated carbocycles. The molecular formula is C15H9ClF2N4O3. The van der Waals surface area contributed by atoms with E-state index >= 15 is 0 Å². The minimum absolute atomic E-state index is 0.0871. The van der Waals surface area contributed by atoms with Gasteiger partial charge in [-0.2, -0.15) is 0 Å². The standard InChI is InChI=1S/C15H9ClF2N4O3/c16-8-3-12(18)15(19-6-8)25-13-2-1-10(5-11(13)17)22-7-9(20-21-22)4-14(23)24/h1-3,5-7H,4H2,(H,23,24). The van der Waals surface area contributed by atoms with E-state index in [0.29, 0.717) is 5.69 Å². The first kappa shape index (κ1) is 16.8. The second kappa shape index (κ2) is 6.81. The number of hydrogen-bond acceptors (Lipinski definition) is 5. The highest BCUT2D eigenvalue weighted by Gasteiger charge is 2.13. The van der Waals surface area contributed by atoms with E-state index in [1.165, 1.54) is 29.2 Å². The molecule has 1 aromatic carbocycles. The van der Waals surface area contributed by atoms with Gasteiger partial charge in [0.2, 0.25) is 0 Å². The van der Waals surface area contributed by atoms with E-state index in [-0.39, 0.29) is 22.9 Å². The highest BCUT2D eigenvalue weighted by molar-refractivity contribution is 6.30. The number of benzene rings is 1. The summed E-state index contributed by atoms with van der Waals surface area (Å²) in [6.45, 7) is 0. The number of halogens is 3. The molecule has 0 radical (unpaired) electrons. The smallest absolute Gasteiger partial charge is 0.309 e. The van der Waals surface area contributed by atoms with Crippen molar-refractivity contribution in [2.24, 2.45) is 0 Å². The average Bonchev–Trinajstić information content (AvgIpc) is 2.99. The van der Waals surface area contributed by atoms with Gasteiger partial charge in [-0.05, 0) is 18.2 Å². The molecule has 0 saturated heterocycles. The van der Waals surface area contributed by atoms with E-state index in [0.717, 1.165) is 12.1 Å². The van der Waals surface area contributed by atoms with Crippen molar-refractivity contribution in [1.82, 2.24) is 20.0 Å². The zero-order chi connectivity index (χ0) is 18.0. The van der Waals surface area contributed by atoms with Crippen molar-refractivity contribution in [3.8, 4) is 17.3 Å². The minimum atomic E-state index is -1.06. The van der Waals surface area contributed by atoms with Gasteiger partial charge in [-0.15, -0.1) is 5.10 Å². The van der Waals surface area contributed by atoms with Gasteiger partial charge in [0.05, 0.1) is 29.0 Å². The summed E-state index contributed by atoms with van der Waals surface area (Å²) in [6, 6.07) is 4.79. The number of hydrogen-bond donors (Lipinski definition) is 1. The fourth-order valence-electron chi connectivity index (χ4n) is 1.96. The Hall–Kier alpha value is -3.07. The number of ether oxygens (including phenoxy) is 1. The number of carboxylic acid groups (broad SMARTS) is 1. The fourth-order valence-corrected chi connectivity index (χ4v) is 2.10. The number of aliphatic carboxylic acids is 1. The summed E-state index contributed by atoms with van der Waals surface area (Å²) in [5, 5.41) is 16.2. The zero-order valence-corrected chi connectivity index (χ0v) is 13.1. The Morgan fingerprint density at radius 3 is 2.76 bits per heavy atom. The lowest BCUT2D eigenvalue weighted by Crippen LogP contribution is -2.00. The number of carboxylic acids is 1. The molecule has 0 fully saturated rings. The van der Waals surface area contributed by atoms with Crippen molar-refractivity contribution < 1.29 is 23.4 Å². The Kier molecular flexibility index (Phi) is 4.57. The summed E-state index contributed by atoms with van der Waals surface area (Å²) in [7, 11) is 0. The van der Waals surface area contributed by atoms with Crippen LogP contribution in [0.2, 0.25) is 5.02 Å². The van der Waals surface area contributed by atoms with Crippen molar-refractivity contribution in [3.63, 3.8) is 0 Å². The van der Waals surface area contributed by atoms with Crippen molar-refractivity contribution in [3.05, 3.63) is 59.0 Å². The summed E-state index contributed by atoms with van der Waals surface area (Å²) < 4.78 is 34.2. The molecule has 3 rings (SSSR count). The molecule has 7 nitrogen and oxygen atoms in total. The van der Waals surface area contributed by atoms with Gasteiger partial charge in [0, 0.05) is 12.3 Å². The molecule has 0 aliphatic rings. The number of nitrogens with zero attached hydrogens (tertiary/aromatic N) is 4. The van der Waals surface area contributed by atoms with Crippen LogP contribution in [0.5, 0.6) is 11.6 Å². The molecule has 0 aliphatic carbocycles. The summed E-state index contributed by atoms with van der Waals surface area (Å²) in [5.74, 6) is -3.34. The van der Waals surface area contributed by atoms with Crippen molar-refractivity contribution in [2.45, 2.75) is 6.42 Å². The Bertz CT molecular complexity index is 948. The molecule has 1 N–H and O–H groups in total. The molecule has 0 unspecified atom stereocenters. The van der Waals surface area contributed by atoms with Gasteiger partial charge >= 0.3 is 5.97 Å². The maximum Gasteiger partial charge on any atom is 0.309 e. The summed E-state index contributed by atoms with van der Waals surface area (Å²) >= 11 is 5.59. The molecule has 10 heteroatoms. The van der Waals surface area contributed by atoms with Crippen LogP contribution in [-0.2, 0) is 11.2 Å². The largest absolute Gasteiger partial charge is 0.481 e. The van der Waals surface area contributed by atoms with E-state index in [2.05, 4.69) is 15.3 Å². The highest BCUT2D eigenvalue weighted by Crippen LogP contribution is 2.27. The predicted octanol–water partition coefficient (Wildman–Crippen LogP) is 3.01. The molecule has 0 amide bonds. The van der Waals surface area contributed by atoms with Gasteiger partial charge in [0.1, 0.15) is 0 Å². The van der Waals surface area contributed by atoms with Crippen LogP contribution in [0.4, 0.5) is 8.78 Å². The zero-order valence-electron chi connectivity index (χ0n) is 12.4. The topological polar surface area (TPSA) is 90.1 Å². The molecular weight excluding hydrogens is 358 g/mol. The van der Waals surface area contributed by atoms with E-state index < -0.39 is 23.5 Å². The average molecular weight is 367 g/mol. The van der Waals surface area contributed by atoms with Gasteiger partial charge in [-0.1, -0.05) is 16.8 Å². The van der Waals surface area contributed by atoms with Crippen LogP contribution in [0.1, 0.15) is 5.69 Å². The van der Waals surface area contributed by atoms with Crippen LogP contribution in [0.15, 0.2) is 36.7 Å². The minimum Gasteiger partial charge on any atom is -0.481 e. The molecule has 0 bridgehead atoms. The molecule has 0 atom stereocenters. The third-order valence-electron chi connectivity index (χ3n) is 3.03. The maximum absolute atomic E-state index is 14.2. The van der Waals surface area contributed by atoms with Crippen molar-refractivity contribution >= 4 is 17.6 Å². The molecule has 25 heavy (non-hydrogen) atoms. The number of aromatic nitrogens is 4. The lowest BCUT2D eigenvalue weighted by molar-refractivity contribution is -0.136. The van der Waals surface area contributed by atoms with Gasteiger partial charge in [-0.3, -0.25) is 4.79 Å². The van der Waals surface area contributed by atoms with Gasteiger partial charge in [-0.25, -0.2) is 18.4 Å². The Morgan fingerprint density at radius 1 is 1.28 bits per heavy atom. The van der Waals surface area contributed by atoms with Crippen LogP contribution in [0.25, 0.3) is 5.69 Å². The second-order valence-corrected chi connectivity index (χ2v) is 5.32. The summed E-state index contributed by atoms with van der Waals surface area (Å²) in [5.41, 5.74) is 0.513. The molecule has 3 aromatic rings. The van der Waals surface area contributed by atoms with E-state index in [4.69, 9.17) is 21.4 Å². The van der Waals surface area contributed by atoms with Crippen molar-refractivity contribution in [2.75, 3.05) is 0 Å². The van der Waals surface area contributed by atoms with E-state index in [1.54, 1.807) is 0 Å². The highest BCUT2D eigenvalue weighted by atomic mass is 35.5. The Morgan fingerprint density at radius 2 is 2.08 bits per heavy atom. The number of pyridine rings is 1. The molecule has 0 spiro atoms. The third kappa shape index (κ3) is 3.89. The van der Waals surface area contributed by atoms with Crippen LogP contribution < -0.4 is 4.74 Å². The van der Waals surface area contributed by atoms with Crippen molar-refractivity contribution in [1.29, 1.82) is 0 Å². The number of carbonyl (C=O) groups is 1. The molecule has 2 aromatic heterocycles. The molecule has 128 valence electrons. The first-order valence-corrected chi connectivity index (χ1v) is 7.22. The lowest BCUT2D eigenvalue weighted by atomic mass is 10.3. The Labute approximate surface area is 144 Å².